The van der Waals surface area contributed by atoms with Gasteiger partial charge in [0.2, 0.25) is 5.91 Å². The van der Waals surface area contributed by atoms with Gasteiger partial charge in [0, 0.05) is 62.0 Å². The van der Waals surface area contributed by atoms with Crippen LogP contribution in [0, 0.1) is 6.92 Å². The molecule has 40 heavy (non-hydrogen) atoms. The van der Waals surface area contributed by atoms with E-state index in [2.05, 4.69) is 15.3 Å². The fourth-order valence-electron chi connectivity index (χ4n) is 4.50. The molecule has 4 rings (SSSR count). The number of alkyl halides is 2. The lowest BCUT2D eigenvalue weighted by atomic mass is 10.0. The van der Waals surface area contributed by atoms with Gasteiger partial charge in [-0.2, -0.15) is 0 Å². The van der Waals surface area contributed by atoms with E-state index in [1.165, 1.54) is 12.1 Å². The number of ether oxygens (including phenoxy) is 1. The third kappa shape index (κ3) is 6.30. The molecular weight excluding hydrogens is 512 g/mol. The van der Waals surface area contributed by atoms with E-state index in [1.807, 2.05) is 68.3 Å². The van der Waals surface area contributed by atoms with Crippen LogP contribution in [0.2, 0.25) is 0 Å². The highest BCUT2D eigenvalue weighted by Crippen LogP contribution is 2.34. The van der Waals surface area contributed by atoms with Crippen LogP contribution in [-0.4, -0.2) is 49.0 Å². The van der Waals surface area contributed by atoms with Crippen LogP contribution < -0.4 is 15.0 Å². The molecule has 0 spiro atoms. The van der Waals surface area contributed by atoms with Gasteiger partial charge in [0.15, 0.2) is 0 Å². The number of nitrogens with one attached hydrogen (secondary N) is 1. The molecule has 210 valence electrons. The molecule has 0 aliphatic heterocycles. The van der Waals surface area contributed by atoms with Gasteiger partial charge in [0.1, 0.15) is 17.4 Å². The van der Waals surface area contributed by atoms with Gasteiger partial charge >= 0.3 is 0 Å². The first kappa shape index (κ1) is 28.7. The standard InChI is InChI=1S/C31H35F2N5O2/c1-19(21-9-8-10-23(15-21)31(3,32)33)34-30-26-18-25(11-13-27(26)35-20(2)36-30)38(6)24-12-14-28(40-7)22(16-24)17-29(39)37(4)5/h8-16,18-19H,17H2,1-7H3,(H,34,35,36)/t19-/m1/s1. The molecule has 0 bridgehead atoms. The van der Waals surface area contributed by atoms with Gasteiger partial charge in [-0.3, -0.25) is 4.79 Å². The molecule has 0 aliphatic rings. The third-order valence-electron chi connectivity index (χ3n) is 6.92. The molecule has 1 heterocycles. The molecule has 7 nitrogen and oxygen atoms in total. The van der Waals surface area contributed by atoms with Crippen molar-refractivity contribution in [2.24, 2.45) is 0 Å². The highest BCUT2D eigenvalue weighted by Gasteiger charge is 2.25. The Balaban J connectivity index is 1.68. The number of likely N-dealkylation sites (N-methyl/N-ethyl adjacent to an activating group) is 1. The van der Waals surface area contributed by atoms with E-state index < -0.39 is 5.92 Å². The largest absolute Gasteiger partial charge is 0.496 e. The van der Waals surface area contributed by atoms with Crippen LogP contribution in [0.1, 0.15) is 42.4 Å². The van der Waals surface area contributed by atoms with Crippen molar-refractivity contribution in [2.45, 2.75) is 39.2 Å². The Kier molecular flexibility index (Phi) is 8.23. The minimum atomic E-state index is -2.92. The van der Waals surface area contributed by atoms with E-state index in [1.54, 1.807) is 32.2 Å². The second kappa shape index (κ2) is 11.5. The van der Waals surface area contributed by atoms with E-state index in [9.17, 15) is 13.6 Å². The minimum absolute atomic E-state index is 0.0191. The summed E-state index contributed by atoms with van der Waals surface area (Å²) in [5.74, 6) is -1.07. The van der Waals surface area contributed by atoms with Crippen LogP contribution in [0.3, 0.4) is 0 Å². The summed E-state index contributed by atoms with van der Waals surface area (Å²) in [6, 6.07) is 17.8. The van der Waals surface area contributed by atoms with Crippen LogP contribution in [0.4, 0.5) is 26.0 Å². The Morgan fingerprint density at radius 1 is 1.02 bits per heavy atom. The second-order valence-electron chi connectivity index (χ2n) is 10.2. The van der Waals surface area contributed by atoms with Crippen molar-refractivity contribution in [2.75, 3.05) is 38.5 Å². The van der Waals surface area contributed by atoms with Crippen LogP contribution >= 0.6 is 0 Å². The summed E-state index contributed by atoms with van der Waals surface area (Å²) in [5, 5.41) is 4.21. The van der Waals surface area contributed by atoms with Gasteiger partial charge in [0.05, 0.1) is 19.0 Å². The van der Waals surface area contributed by atoms with Crippen molar-refractivity contribution in [1.29, 1.82) is 0 Å². The zero-order valence-electron chi connectivity index (χ0n) is 23.9. The maximum atomic E-state index is 13.9. The molecular formula is C31H35F2N5O2. The number of carbonyl (C=O) groups is 1. The topological polar surface area (TPSA) is 70.6 Å². The quantitative estimate of drug-likeness (QED) is 0.254. The summed E-state index contributed by atoms with van der Waals surface area (Å²) >= 11 is 0. The van der Waals surface area contributed by atoms with Gasteiger partial charge in [-0.1, -0.05) is 18.2 Å². The van der Waals surface area contributed by atoms with Crippen molar-refractivity contribution in [3.05, 3.63) is 83.2 Å². The molecule has 4 aromatic rings. The highest BCUT2D eigenvalue weighted by atomic mass is 19.3. The SMILES string of the molecule is COc1ccc(N(C)c2ccc3nc(C)nc(N[C@H](C)c4cccc(C(C)(F)F)c4)c3c2)cc1CC(=O)N(C)C. The summed E-state index contributed by atoms with van der Waals surface area (Å²) in [5.41, 5.74) is 4.03. The first-order valence-electron chi connectivity index (χ1n) is 13.0. The number of benzene rings is 3. The number of fused-ring (bicyclic) bond motifs is 1. The first-order valence-corrected chi connectivity index (χ1v) is 13.0. The zero-order chi connectivity index (χ0) is 29.2. The molecule has 1 atom stereocenters. The number of hydrogen-bond donors (Lipinski definition) is 1. The maximum Gasteiger partial charge on any atom is 0.270 e. The fourth-order valence-corrected chi connectivity index (χ4v) is 4.50. The predicted octanol–water partition coefficient (Wildman–Crippen LogP) is 6.63. The number of nitrogens with zero attached hydrogens (tertiary/aromatic N) is 4. The van der Waals surface area contributed by atoms with Gasteiger partial charge in [-0.15, -0.1) is 0 Å². The number of methoxy groups -OCH3 is 1. The Morgan fingerprint density at radius 3 is 2.40 bits per heavy atom. The first-order chi connectivity index (χ1) is 18.9. The average molecular weight is 548 g/mol. The second-order valence-corrected chi connectivity index (χ2v) is 10.2. The average Bonchev–Trinajstić information content (AvgIpc) is 2.91. The van der Waals surface area contributed by atoms with Crippen LogP contribution in [-0.2, 0) is 17.1 Å². The van der Waals surface area contributed by atoms with Crippen molar-refractivity contribution in [1.82, 2.24) is 14.9 Å². The number of aryl methyl sites for hydroxylation is 1. The summed E-state index contributed by atoms with van der Waals surface area (Å²) in [7, 11) is 6.99. The number of halogens is 2. The normalized spacial score (nSPS) is 12.2. The lowest BCUT2D eigenvalue weighted by Gasteiger charge is -2.23. The zero-order valence-corrected chi connectivity index (χ0v) is 23.9. The third-order valence-corrected chi connectivity index (χ3v) is 6.92. The smallest absolute Gasteiger partial charge is 0.270 e. The molecule has 3 aromatic carbocycles. The molecule has 9 heteroatoms. The van der Waals surface area contributed by atoms with E-state index >= 15 is 0 Å². The van der Waals surface area contributed by atoms with Crippen molar-refractivity contribution in [3.8, 4) is 5.75 Å². The van der Waals surface area contributed by atoms with Crippen LogP contribution in [0.5, 0.6) is 5.75 Å². The van der Waals surface area contributed by atoms with Gasteiger partial charge in [0.25, 0.3) is 5.92 Å². The van der Waals surface area contributed by atoms with Crippen molar-refractivity contribution < 1.29 is 18.3 Å². The van der Waals surface area contributed by atoms with Gasteiger partial charge in [-0.05, 0) is 61.9 Å². The Labute approximate surface area is 233 Å². The summed E-state index contributed by atoms with van der Waals surface area (Å²) in [6.45, 7) is 4.64. The Morgan fingerprint density at radius 2 is 1.73 bits per heavy atom. The predicted molar refractivity (Wildman–Crippen MR) is 156 cm³/mol. The van der Waals surface area contributed by atoms with Crippen molar-refractivity contribution >= 4 is 34.0 Å². The monoisotopic (exact) mass is 547 g/mol. The number of anilines is 3. The molecule has 1 aromatic heterocycles. The number of hydrogen-bond acceptors (Lipinski definition) is 6. The maximum absolute atomic E-state index is 13.9. The lowest BCUT2D eigenvalue weighted by Crippen LogP contribution is -2.23. The van der Waals surface area contributed by atoms with Gasteiger partial charge in [-0.25, -0.2) is 18.7 Å². The number of carbonyl (C=O) groups excluding carboxylic acids is 1. The number of aromatic nitrogens is 2. The summed E-state index contributed by atoms with van der Waals surface area (Å²) in [6.07, 6.45) is 0.222. The summed E-state index contributed by atoms with van der Waals surface area (Å²) < 4.78 is 33.4. The molecule has 0 unspecified atom stereocenters. The molecule has 0 radical (unpaired) electrons. The number of amides is 1. The van der Waals surface area contributed by atoms with Crippen molar-refractivity contribution in [3.63, 3.8) is 0 Å². The van der Waals surface area contributed by atoms with E-state index in [0.29, 0.717) is 17.4 Å². The minimum Gasteiger partial charge on any atom is -0.496 e. The van der Waals surface area contributed by atoms with Gasteiger partial charge < -0.3 is 19.9 Å². The molecule has 0 saturated heterocycles. The Hall–Kier alpha value is -4.27. The number of rotatable bonds is 9. The molecule has 1 amide bonds. The van der Waals surface area contributed by atoms with E-state index in [-0.39, 0.29) is 23.9 Å². The highest BCUT2D eigenvalue weighted by molar-refractivity contribution is 5.92. The van der Waals surface area contributed by atoms with E-state index in [4.69, 9.17) is 4.74 Å². The van der Waals surface area contributed by atoms with E-state index in [0.717, 1.165) is 40.3 Å². The summed E-state index contributed by atoms with van der Waals surface area (Å²) in [4.78, 5) is 25.2. The molecule has 0 aliphatic carbocycles. The molecule has 0 fully saturated rings. The van der Waals surface area contributed by atoms with Crippen LogP contribution in [0.25, 0.3) is 10.9 Å². The molecule has 0 saturated carbocycles. The molecule has 1 N–H and O–H groups in total. The van der Waals surface area contributed by atoms with Crippen LogP contribution in [0.15, 0.2) is 60.7 Å². The lowest BCUT2D eigenvalue weighted by molar-refractivity contribution is -0.127. The fraction of sp³-hybridized carbons (Fsp3) is 0.323. The Bertz CT molecular complexity index is 1530.